The molecule has 1 aromatic carbocycles. The monoisotopic (exact) mass is 174 g/mol. The van der Waals surface area contributed by atoms with Crippen molar-refractivity contribution in [1.29, 1.82) is 0 Å². The van der Waals surface area contributed by atoms with Crippen molar-refractivity contribution >= 4 is 19.4 Å². The van der Waals surface area contributed by atoms with E-state index in [9.17, 15) is 0 Å². The van der Waals surface area contributed by atoms with Gasteiger partial charge in [0, 0.05) is 5.56 Å². The number of fused-ring (bicyclic) bond motifs is 1. The van der Waals surface area contributed by atoms with E-state index >= 15 is 0 Å². The van der Waals surface area contributed by atoms with Gasteiger partial charge in [-0.2, -0.15) is 0 Å². The maximum Gasteiger partial charge on any atom is 0.144 e. The van der Waals surface area contributed by atoms with Crippen LogP contribution in [-0.2, 0) is 0 Å². The second-order valence-corrected chi connectivity index (χ2v) is 3.19. The molecule has 0 amide bonds. The number of aliphatic hydroxyl groups excluding tert-OH is 1. The Balaban J connectivity index is 2.41. The number of ether oxygens (including phenoxy) is 1. The Morgan fingerprint density at radius 1 is 1.46 bits per heavy atom. The smallest absolute Gasteiger partial charge is 0.144 e. The Kier molecular flexibility index (Phi) is 2.11. The molecule has 1 atom stereocenters. The third-order valence-electron chi connectivity index (χ3n) is 2.18. The molecule has 13 heavy (non-hydrogen) atoms. The standard InChI is InChI=1S/C10H11BO2/c11-9-3-1-2-7-4-5-8(6-12)13-10(7)9/h1-5,8,12H,6,11H2/t8-/m1/s1. The van der Waals surface area contributed by atoms with Gasteiger partial charge in [0.2, 0.25) is 0 Å². The molecule has 0 saturated carbocycles. The highest BCUT2D eigenvalue weighted by Gasteiger charge is 2.14. The van der Waals surface area contributed by atoms with Crippen LogP contribution in [0.15, 0.2) is 24.3 Å². The van der Waals surface area contributed by atoms with Crippen molar-refractivity contribution in [2.75, 3.05) is 6.61 Å². The van der Waals surface area contributed by atoms with E-state index < -0.39 is 0 Å². The number of benzene rings is 1. The average molecular weight is 174 g/mol. The first-order valence-corrected chi connectivity index (χ1v) is 4.36. The zero-order valence-electron chi connectivity index (χ0n) is 7.53. The van der Waals surface area contributed by atoms with E-state index in [2.05, 4.69) is 0 Å². The Hall–Kier alpha value is -1.22. The molecule has 0 aliphatic carbocycles. The lowest BCUT2D eigenvalue weighted by Gasteiger charge is -2.21. The van der Waals surface area contributed by atoms with Crippen molar-refractivity contribution in [2.45, 2.75) is 6.10 Å². The van der Waals surface area contributed by atoms with Crippen molar-refractivity contribution in [3.63, 3.8) is 0 Å². The average Bonchev–Trinajstić information content (AvgIpc) is 2.18. The first kappa shape index (κ1) is 8.39. The summed E-state index contributed by atoms with van der Waals surface area (Å²) in [6, 6.07) is 6.01. The molecule has 0 saturated heterocycles. The zero-order chi connectivity index (χ0) is 9.26. The fourth-order valence-corrected chi connectivity index (χ4v) is 1.47. The quantitative estimate of drug-likeness (QED) is 0.593. The molecule has 2 rings (SSSR count). The van der Waals surface area contributed by atoms with Gasteiger partial charge in [-0.1, -0.05) is 24.3 Å². The van der Waals surface area contributed by atoms with E-state index in [1.165, 1.54) is 0 Å². The topological polar surface area (TPSA) is 29.5 Å². The van der Waals surface area contributed by atoms with E-state index in [0.717, 1.165) is 16.8 Å². The summed E-state index contributed by atoms with van der Waals surface area (Å²) in [5, 5.41) is 8.93. The van der Waals surface area contributed by atoms with Crippen LogP contribution in [0.2, 0.25) is 0 Å². The van der Waals surface area contributed by atoms with Crippen LogP contribution >= 0.6 is 0 Å². The van der Waals surface area contributed by atoms with Crippen molar-refractivity contribution in [3.05, 3.63) is 29.8 Å². The summed E-state index contributed by atoms with van der Waals surface area (Å²) in [6.07, 6.45) is 3.68. The van der Waals surface area contributed by atoms with Crippen LogP contribution in [0.3, 0.4) is 0 Å². The Morgan fingerprint density at radius 2 is 2.31 bits per heavy atom. The lowest BCUT2D eigenvalue weighted by Crippen LogP contribution is -2.24. The van der Waals surface area contributed by atoms with Crippen molar-refractivity contribution in [2.24, 2.45) is 0 Å². The van der Waals surface area contributed by atoms with Crippen molar-refractivity contribution < 1.29 is 9.84 Å². The molecule has 0 aromatic heterocycles. The Labute approximate surface area is 78.3 Å². The Morgan fingerprint density at radius 3 is 3.08 bits per heavy atom. The second kappa shape index (κ2) is 3.26. The predicted molar refractivity (Wildman–Crippen MR) is 55.2 cm³/mol. The molecular formula is C10H11BO2. The molecule has 1 aliphatic rings. The lowest BCUT2D eigenvalue weighted by molar-refractivity contribution is 0.149. The van der Waals surface area contributed by atoms with Gasteiger partial charge in [0.1, 0.15) is 19.7 Å². The minimum Gasteiger partial charge on any atom is -0.484 e. The first-order chi connectivity index (χ1) is 6.31. The molecule has 0 radical (unpaired) electrons. The number of hydrogen-bond acceptors (Lipinski definition) is 2. The van der Waals surface area contributed by atoms with Gasteiger partial charge >= 0.3 is 0 Å². The molecule has 2 nitrogen and oxygen atoms in total. The largest absolute Gasteiger partial charge is 0.484 e. The second-order valence-electron chi connectivity index (χ2n) is 3.19. The predicted octanol–water partition coefficient (Wildman–Crippen LogP) is -0.288. The minimum absolute atomic E-state index is 0.0320. The van der Waals surface area contributed by atoms with E-state index in [4.69, 9.17) is 9.84 Å². The number of para-hydroxylation sites is 1. The number of hydrogen-bond donors (Lipinski definition) is 1. The molecule has 1 aromatic rings. The number of aliphatic hydroxyl groups is 1. The van der Waals surface area contributed by atoms with Gasteiger partial charge in [0.05, 0.1) is 6.61 Å². The van der Waals surface area contributed by atoms with Crippen LogP contribution in [-0.4, -0.2) is 25.7 Å². The van der Waals surface area contributed by atoms with Crippen molar-refractivity contribution in [1.82, 2.24) is 0 Å². The molecular weight excluding hydrogens is 163 g/mol. The number of rotatable bonds is 1. The highest BCUT2D eigenvalue weighted by Crippen LogP contribution is 2.22. The van der Waals surface area contributed by atoms with Gasteiger partial charge in [-0.25, -0.2) is 0 Å². The summed E-state index contributed by atoms with van der Waals surface area (Å²) in [6.45, 7) is 0.0320. The molecule has 0 spiro atoms. The SMILES string of the molecule is Bc1cccc2c1O[C@@H](CO)C=C2. The van der Waals surface area contributed by atoms with Crippen molar-refractivity contribution in [3.8, 4) is 5.75 Å². The molecule has 1 N–H and O–H groups in total. The summed E-state index contributed by atoms with van der Waals surface area (Å²) in [5.74, 6) is 0.893. The zero-order valence-corrected chi connectivity index (χ0v) is 7.53. The van der Waals surface area contributed by atoms with Crippen LogP contribution in [0.5, 0.6) is 5.75 Å². The van der Waals surface area contributed by atoms with E-state index in [-0.39, 0.29) is 12.7 Å². The van der Waals surface area contributed by atoms with Crippen LogP contribution in [0.25, 0.3) is 6.08 Å². The molecule has 0 fully saturated rings. The van der Waals surface area contributed by atoms with Crippen LogP contribution in [0.1, 0.15) is 5.56 Å². The van der Waals surface area contributed by atoms with Crippen LogP contribution < -0.4 is 10.2 Å². The third-order valence-corrected chi connectivity index (χ3v) is 2.18. The first-order valence-electron chi connectivity index (χ1n) is 4.36. The summed E-state index contributed by atoms with van der Waals surface area (Å²) in [7, 11) is 2.01. The summed E-state index contributed by atoms with van der Waals surface area (Å²) >= 11 is 0. The Bertz CT molecular complexity index is 347. The van der Waals surface area contributed by atoms with Gasteiger partial charge in [0.25, 0.3) is 0 Å². The molecule has 3 heteroatoms. The molecule has 1 aliphatic heterocycles. The van der Waals surface area contributed by atoms with Gasteiger partial charge in [-0.3, -0.25) is 0 Å². The highest BCUT2D eigenvalue weighted by atomic mass is 16.5. The molecule has 1 heterocycles. The summed E-state index contributed by atoms with van der Waals surface area (Å²) in [4.78, 5) is 0. The normalized spacial score (nSPS) is 19.3. The summed E-state index contributed by atoms with van der Waals surface area (Å²) in [5.41, 5.74) is 2.20. The fraction of sp³-hybridized carbons (Fsp3) is 0.200. The third kappa shape index (κ3) is 1.47. The highest BCUT2D eigenvalue weighted by molar-refractivity contribution is 6.34. The van der Waals surface area contributed by atoms with Gasteiger partial charge < -0.3 is 9.84 Å². The molecule has 66 valence electrons. The summed E-state index contributed by atoms with van der Waals surface area (Å²) < 4.78 is 5.58. The minimum atomic E-state index is -0.186. The van der Waals surface area contributed by atoms with Crippen LogP contribution in [0, 0.1) is 0 Å². The van der Waals surface area contributed by atoms with Gasteiger partial charge in [-0.15, -0.1) is 0 Å². The van der Waals surface area contributed by atoms with Gasteiger partial charge in [0.15, 0.2) is 0 Å². The van der Waals surface area contributed by atoms with E-state index in [0.29, 0.717) is 0 Å². The molecule has 0 unspecified atom stereocenters. The van der Waals surface area contributed by atoms with E-state index in [1.807, 2.05) is 38.2 Å². The molecule has 0 bridgehead atoms. The van der Waals surface area contributed by atoms with Gasteiger partial charge in [-0.05, 0) is 11.5 Å². The lowest BCUT2D eigenvalue weighted by atomic mass is 9.91. The maximum atomic E-state index is 8.93. The fourth-order valence-electron chi connectivity index (χ4n) is 1.47. The van der Waals surface area contributed by atoms with Crippen LogP contribution in [0.4, 0.5) is 0 Å². The van der Waals surface area contributed by atoms with E-state index in [1.54, 1.807) is 0 Å². The maximum absolute atomic E-state index is 8.93.